The molecule has 114 valence electrons. The van der Waals surface area contributed by atoms with Crippen molar-refractivity contribution in [3.63, 3.8) is 0 Å². The highest BCUT2D eigenvalue weighted by Gasteiger charge is 2.13. The monoisotopic (exact) mass is 297 g/mol. The van der Waals surface area contributed by atoms with E-state index in [0.717, 1.165) is 12.8 Å². The van der Waals surface area contributed by atoms with Crippen molar-refractivity contribution in [2.45, 2.75) is 38.6 Å². The number of hydrogen-bond acceptors (Lipinski definition) is 4. The van der Waals surface area contributed by atoms with E-state index in [1.165, 1.54) is 35.9 Å². The Hall–Kier alpha value is -2.43. The molecule has 0 aliphatic heterocycles. The maximum Gasteiger partial charge on any atom is 0.308 e. The van der Waals surface area contributed by atoms with Crippen LogP contribution in [0.4, 0.5) is 5.82 Å². The SMILES string of the molecule is O=C(O)Cc1cncnc1NCc1cccc2c1CCCC2. The fraction of sp³-hybridized carbons (Fsp3) is 0.353. The lowest BCUT2D eigenvalue weighted by atomic mass is 9.88. The van der Waals surface area contributed by atoms with Crippen LogP contribution in [0, 0.1) is 0 Å². The van der Waals surface area contributed by atoms with Gasteiger partial charge in [0.25, 0.3) is 0 Å². The number of benzene rings is 1. The van der Waals surface area contributed by atoms with Gasteiger partial charge in [-0.2, -0.15) is 0 Å². The lowest BCUT2D eigenvalue weighted by Gasteiger charge is -2.20. The minimum Gasteiger partial charge on any atom is -0.481 e. The number of carboxylic acid groups (broad SMARTS) is 1. The van der Waals surface area contributed by atoms with Gasteiger partial charge in [-0.05, 0) is 42.4 Å². The van der Waals surface area contributed by atoms with Crippen LogP contribution in [-0.4, -0.2) is 21.0 Å². The number of hydrogen-bond donors (Lipinski definition) is 2. The van der Waals surface area contributed by atoms with Crippen LogP contribution < -0.4 is 5.32 Å². The molecule has 1 heterocycles. The van der Waals surface area contributed by atoms with Crippen molar-refractivity contribution in [3.8, 4) is 0 Å². The van der Waals surface area contributed by atoms with Gasteiger partial charge in [0.1, 0.15) is 12.1 Å². The summed E-state index contributed by atoms with van der Waals surface area (Å²) in [7, 11) is 0. The molecule has 0 atom stereocenters. The summed E-state index contributed by atoms with van der Waals surface area (Å²) < 4.78 is 0. The molecule has 22 heavy (non-hydrogen) atoms. The molecule has 1 aliphatic rings. The molecule has 0 spiro atoms. The van der Waals surface area contributed by atoms with E-state index in [-0.39, 0.29) is 6.42 Å². The van der Waals surface area contributed by atoms with Gasteiger partial charge in [0.2, 0.25) is 0 Å². The van der Waals surface area contributed by atoms with E-state index in [4.69, 9.17) is 5.11 Å². The molecular formula is C17H19N3O2. The molecule has 0 bridgehead atoms. The van der Waals surface area contributed by atoms with Crippen LogP contribution in [0.2, 0.25) is 0 Å². The molecule has 5 nitrogen and oxygen atoms in total. The number of nitrogens with zero attached hydrogens (tertiary/aromatic N) is 2. The molecule has 0 amide bonds. The zero-order valence-electron chi connectivity index (χ0n) is 12.4. The standard InChI is InChI=1S/C17H19N3O2/c21-16(22)8-14-9-18-11-20-17(14)19-10-13-6-3-5-12-4-1-2-7-15(12)13/h3,5-6,9,11H,1-2,4,7-8,10H2,(H,21,22)(H,18,19,20). The fourth-order valence-corrected chi connectivity index (χ4v) is 3.01. The normalized spacial score (nSPS) is 13.5. The summed E-state index contributed by atoms with van der Waals surface area (Å²) in [6.07, 6.45) is 7.70. The second-order valence-corrected chi connectivity index (χ2v) is 5.58. The lowest BCUT2D eigenvalue weighted by molar-refractivity contribution is -0.136. The summed E-state index contributed by atoms with van der Waals surface area (Å²) in [6.45, 7) is 0.660. The van der Waals surface area contributed by atoms with E-state index in [1.54, 1.807) is 6.20 Å². The largest absolute Gasteiger partial charge is 0.481 e. The van der Waals surface area contributed by atoms with E-state index < -0.39 is 5.97 Å². The summed E-state index contributed by atoms with van der Waals surface area (Å²) in [5.74, 6) is -0.277. The fourth-order valence-electron chi connectivity index (χ4n) is 3.01. The third-order valence-corrected chi connectivity index (χ3v) is 4.07. The van der Waals surface area contributed by atoms with Gasteiger partial charge in [-0.15, -0.1) is 0 Å². The average Bonchev–Trinajstić information content (AvgIpc) is 2.53. The quantitative estimate of drug-likeness (QED) is 0.887. The van der Waals surface area contributed by atoms with Crippen LogP contribution in [-0.2, 0) is 30.6 Å². The minimum absolute atomic E-state index is 0.0733. The van der Waals surface area contributed by atoms with Crippen LogP contribution in [0.5, 0.6) is 0 Å². The minimum atomic E-state index is -0.880. The van der Waals surface area contributed by atoms with E-state index in [1.807, 2.05) is 0 Å². The van der Waals surface area contributed by atoms with Gasteiger partial charge in [-0.1, -0.05) is 18.2 Å². The lowest BCUT2D eigenvalue weighted by Crippen LogP contribution is -2.12. The predicted molar refractivity (Wildman–Crippen MR) is 83.8 cm³/mol. The summed E-state index contributed by atoms with van der Waals surface area (Å²) in [5, 5.41) is 12.2. The molecule has 1 aromatic heterocycles. The Kier molecular flexibility index (Phi) is 4.32. The number of carboxylic acids is 1. The Morgan fingerprint density at radius 1 is 1.23 bits per heavy atom. The van der Waals surface area contributed by atoms with Crippen LogP contribution in [0.25, 0.3) is 0 Å². The molecular weight excluding hydrogens is 278 g/mol. The number of aliphatic carboxylic acids is 1. The van der Waals surface area contributed by atoms with Gasteiger partial charge in [-0.25, -0.2) is 9.97 Å². The van der Waals surface area contributed by atoms with Gasteiger partial charge in [0.15, 0.2) is 0 Å². The molecule has 2 aromatic rings. The van der Waals surface area contributed by atoms with E-state index >= 15 is 0 Å². The Morgan fingerprint density at radius 2 is 2.09 bits per heavy atom. The molecule has 2 N–H and O–H groups in total. The topological polar surface area (TPSA) is 75.1 Å². The molecule has 0 unspecified atom stereocenters. The molecule has 1 aromatic carbocycles. The first-order valence-corrected chi connectivity index (χ1v) is 7.58. The van der Waals surface area contributed by atoms with Crippen LogP contribution in [0.1, 0.15) is 35.1 Å². The molecule has 0 saturated heterocycles. The number of carbonyl (C=O) groups is 1. The van der Waals surface area contributed by atoms with Gasteiger partial charge < -0.3 is 10.4 Å². The Bertz CT molecular complexity index is 685. The number of anilines is 1. The van der Waals surface area contributed by atoms with Gasteiger partial charge in [-0.3, -0.25) is 4.79 Å². The molecule has 0 radical (unpaired) electrons. The van der Waals surface area contributed by atoms with Gasteiger partial charge in [0, 0.05) is 18.3 Å². The van der Waals surface area contributed by atoms with E-state index in [2.05, 4.69) is 33.5 Å². The number of nitrogens with one attached hydrogen (secondary N) is 1. The maximum atomic E-state index is 10.9. The number of aromatic nitrogens is 2. The zero-order valence-corrected chi connectivity index (χ0v) is 12.4. The van der Waals surface area contributed by atoms with Crippen molar-refractivity contribution < 1.29 is 9.90 Å². The molecule has 1 aliphatic carbocycles. The van der Waals surface area contributed by atoms with Gasteiger partial charge >= 0.3 is 5.97 Å². The Labute approximate surface area is 129 Å². The second-order valence-electron chi connectivity index (χ2n) is 5.58. The number of aryl methyl sites for hydroxylation is 1. The second kappa shape index (κ2) is 6.56. The van der Waals surface area contributed by atoms with Crippen LogP contribution in [0.3, 0.4) is 0 Å². The highest BCUT2D eigenvalue weighted by atomic mass is 16.4. The van der Waals surface area contributed by atoms with Gasteiger partial charge in [0.05, 0.1) is 6.42 Å². The summed E-state index contributed by atoms with van der Waals surface area (Å²) in [6, 6.07) is 6.44. The third kappa shape index (κ3) is 3.24. The number of rotatable bonds is 5. The molecule has 0 fully saturated rings. The van der Waals surface area contributed by atoms with Crippen molar-refractivity contribution in [1.29, 1.82) is 0 Å². The third-order valence-electron chi connectivity index (χ3n) is 4.07. The maximum absolute atomic E-state index is 10.9. The predicted octanol–water partition coefficient (Wildman–Crippen LogP) is 2.59. The first-order valence-electron chi connectivity index (χ1n) is 7.58. The van der Waals surface area contributed by atoms with Crippen molar-refractivity contribution in [2.24, 2.45) is 0 Å². The van der Waals surface area contributed by atoms with Crippen molar-refractivity contribution in [2.75, 3.05) is 5.32 Å². The average molecular weight is 297 g/mol. The molecule has 3 rings (SSSR count). The first kappa shape index (κ1) is 14.5. The smallest absolute Gasteiger partial charge is 0.308 e. The zero-order chi connectivity index (χ0) is 15.4. The van der Waals surface area contributed by atoms with E-state index in [0.29, 0.717) is 17.9 Å². The molecule has 5 heteroatoms. The number of fused-ring (bicyclic) bond motifs is 1. The Morgan fingerprint density at radius 3 is 2.95 bits per heavy atom. The highest BCUT2D eigenvalue weighted by molar-refractivity contribution is 5.72. The molecule has 0 saturated carbocycles. The highest BCUT2D eigenvalue weighted by Crippen LogP contribution is 2.25. The van der Waals surface area contributed by atoms with Crippen LogP contribution >= 0.6 is 0 Å². The van der Waals surface area contributed by atoms with Crippen molar-refractivity contribution in [1.82, 2.24) is 9.97 Å². The van der Waals surface area contributed by atoms with Crippen LogP contribution in [0.15, 0.2) is 30.7 Å². The van der Waals surface area contributed by atoms with Crippen molar-refractivity contribution in [3.05, 3.63) is 53.0 Å². The Balaban J connectivity index is 1.77. The first-order chi connectivity index (χ1) is 10.7. The summed E-state index contributed by atoms with van der Waals surface area (Å²) >= 11 is 0. The summed E-state index contributed by atoms with van der Waals surface area (Å²) in [5.41, 5.74) is 4.77. The van der Waals surface area contributed by atoms with Crippen molar-refractivity contribution >= 4 is 11.8 Å². The van der Waals surface area contributed by atoms with E-state index in [9.17, 15) is 4.79 Å². The summed E-state index contributed by atoms with van der Waals surface area (Å²) in [4.78, 5) is 19.0.